The zero-order chi connectivity index (χ0) is 22.7. The van der Waals surface area contributed by atoms with Crippen LogP contribution in [0.15, 0.2) is 52.9 Å². The highest BCUT2D eigenvalue weighted by Gasteiger charge is 2.30. The fourth-order valence-corrected chi connectivity index (χ4v) is 2.18. The van der Waals surface area contributed by atoms with Gasteiger partial charge in [-0.1, -0.05) is 39.8 Å². The summed E-state index contributed by atoms with van der Waals surface area (Å²) in [5, 5.41) is 10.4. The number of benzene rings is 2. The molecule has 0 aliphatic carbocycles. The van der Waals surface area contributed by atoms with E-state index in [0.29, 0.717) is 16.9 Å². The van der Waals surface area contributed by atoms with Crippen molar-refractivity contribution < 1.29 is 27.1 Å². The molecule has 0 bridgehead atoms. The van der Waals surface area contributed by atoms with E-state index in [1.54, 1.807) is 24.3 Å². The first kappa shape index (κ1) is 24.7. The van der Waals surface area contributed by atoms with Crippen molar-refractivity contribution in [3.63, 3.8) is 0 Å². The number of nitrogens with one attached hydrogen (secondary N) is 1. The number of alkyl halides is 3. The van der Waals surface area contributed by atoms with E-state index in [9.17, 15) is 18.0 Å². The van der Waals surface area contributed by atoms with Gasteiger partial charge in [-0.05, 0) is 36.4 Å². The van der Waals surface area contributed by atoms with Crippen LogP contribution in [0.3, 0.4) is 0 Å². The molecule has 162 valence electrons. The van der Waals surface area contributed by atoms with Gasteiger partial charge in [-0.15, -0.1) is 10.2 Å². The summed E-state index contributed by atoms with van der Waals surface area (Å²) in [6.45, 7) is 8.00. The highest BCUT2D eigenvalue weighted by Crippen LogP contribution is 2.32. The molecule has 0 radical (unpaired) electrons. The number of carbonyl (C=O) groups is 1. The van der Waals surface area contributed by atoms with Gasteiger partial charge < -0.3 is 14.5 Å². The predicted molar refractivity (Wildman–Crippen MR) is 108 cm³/mol. The van der Waals surface area contributed by atoms with Crippen molar-refractivity contribution in [2.45, 2.75) is 33.9 Å². The molecule has 0 aliphatic rings. The minimum Gasteiger partial charge on any atom is -0.462 e. The predicted octanol–water partition coefficient (Wildman–Crippen LogP) is 6.34. The summed E-state index contributed by atoms with van der Waals surface area (Å²) >= 11 is 0. The first-order valence-corrected chi connectivity index (χ1v) is 9.34. The highest BCUT2D eigenvalue weighted by molar-refractivity contribution is 5.84. The summed E-state index contributed by atoms with van der Waals surface area (Å²) in [4.78, 5) is 11.4. The van der Waals surface area contributed by atoms with E-state index in [0.717, 1.165) is 12.1 Å². The number of methoxy groups -OCH3 is 1. The number of hydrogen-bond donors (Lipinski definition) is 1. The maximum Gasteiger partial charge on any atom is 0.416 e. The zero-order valence-electron chi connectivity index (χ0n) is 17.4. The van der Waals surface area contributed by atoms with Crippen molar-refractivity contribution in [2.75, 3.05) is 12.4 Å². The maximum atomic E-state index is 12.6. The SMILES string of the molecule is CC.CC.COC(=O)c1nnc(-c2ccccc2Nc2ccc(C(F)(F)F)cc2)o1. The third-order valence-electron chi connectivity index (χ3n) is 3.43. The summed E-state index contributed by atoms with van der Waals surface area (Å²) in [5.41, 5.74) is 0.705. The zero-order valence-corrected chi connectivity index (χ0v) is 17.4. The number of hydrogen-bond acceptors (Lipinski definition) is 6. The normalized spacial score (nSPS) is 10.1. The topological polar surface area (TPSA) is 77.2 Å². The van der Waals surface area contributed by atoms with Crippen molar-refractivity contribution in [3.8, 4) is 11.5 Å². The van der Waals surface area contributed by atoms with E-state index in [2.05, 4.69) is 20.3 Å². The van der Waals surface area contributed by atoms with Crippen molar-refractivity contribution in [3.05, 3.63) is 60.0 Å². The average molecular weight is 423 g/mol. The van der Waals surface area contributed by atoms with Crippen LogP contribution in [0.5, 0.6) is 0 Å². The Morgan fingerprint density at radius 3 is 2.13 bits per heavy atom. The van der Waals surface area contributed by atoms with Crippen molar-refractivity contribution in [1.82, 2.24) is 10.2 Å². The smallest absolute Gasteiger partial charge is 0.416 e. The summed E-state index contributed by atoms with van der Waals surface area (Å²) < 4.78 is 47.7. The molecule has 0 atom stereocenters. The number of halogens is 3. The van der Waals surface area contributed by atoms with Gasteiger partial charge in [-0.3, -0.25) is 0 Å². The average Bonchev–Trinajstić information content (AvgIpc) is 3.26. The third-order valence-corrected chi connectivity index (χ3v) is 3.43. The van der Waals surface area contributed by atoms with Gasteiger partial charge in [0.25, 0.3) is 5.89 Å². The molecule has 0 saturated carbocycles. The second kappa shape index (κ2) is 11.6. The lowest BCUT2D eigenvalue weighted by molar-refractivity contribution is -0.137. The van der Waals surface area contributed by atoms with Gasteiger partial charge in [0.2, 0.25) is 0 Å². The Kier molecular flexibility index (Phi) is 9.54. The maximum absolute atomic E-state index is 12.6. The van der Waals surface area contributed by atoms with Crippen LogP contribution < -0.4 is 5.32 Å². The second-order valence-corrected chi connectivity index (χ2v) is 5.15. The molecule has 0 unspecified atom stereocenters. The Hall–Kier alpha value is -3.36. The van der Waals surface area contributed by atoms with Gasteiger partial charge >= 0.3 is 18.0 Å². The Labute approximate surface area is 173 Å². The summed E-state index contributed by atoms with van der Waals surface area (Å²) in [6, 6.07) is 11.4. The van der Waals surface area contributed by atoms with Gasteiger partial charge in [0, 0.05) is 5.69 Å². The molecule has 0 spiro atoms. The Morgan fingerprint density at radius 2 is 1.57 bits per heavy atom. The van der Waals surface area contributed by atoms with Crippen LogP contribution in [-0.2, 0) is 10.9 Å². The summed E-state index contributed by atoms with van der Waals surface area (Å²) in [7, 11) is 1.19. The van der Waals surface area contributed by atoms with Crippen LogP contribution in [-0.4, -0.2) is 23.3 Å². The Bertz CT molecular complexity index is 923. The number of para-hydroxylation sites is 1. The number of anilines is 2. The number of rotatable bonds is 4. The summed E-state index contributed by atoms with van der Waals surface area (Å²) in [5.74, 6) is -0.996. The molecule has 0 saturated heterocycles. The molecule has 30 heavy (non-hydrogen) atoms. The van der Waals surface area contributed by atoms with E-state index >= 15 is 0 Å². The number of carbonyl (C=O) groups excluding carboxylic acids is 1. The monoisotopic (exact) mass is 423 g/mol. The van der Waals surface area contributed by atoms with E-state index in [4.69, 9.17) is 4.42 Å². The molecule has 0 amide bonds. The highest BCUT2D eigenvalue weighted by atomic mass is 19.4. The molecule has 6 nitrogen and oxygen atoms in total. The van der Waals surface area contributed by atoms with Crippen LogP contribution in [0.2, 0.25) is 0 Å². The molecule has 3 rings (SSSR count). The number of ether oxygens (including phenoxy) is 1. The van der Waals surface area contributed by atoms with Crippen molar-refractivity contribution in [1.29, 1.82) is 0 Å². The van der Waals surface area contributed by atoms with Gasteiger partial charge in [0.15, 0.2) is 0 Å². The number of esters is 1. The van der Waals surface area contributed by atoms with Crippen LogP contribution in [0.1, 0.15) is 43.9 Å². The molecule has 2 aromatic carbocycles. The Morgan fingerprint density at radius 1 is 0.967 bits per heavy atom. The van der Waals surface area contributed by atoms with Gasteiger partial charge in [-0.2, -0.15) is 13.2 Å². The van der Waals surface area contributed by atoms with E-state index in [1.807, 2.05) is 27.7 Å². The molecule has 1 heterocycles. The largest absolute Gasteiger partial charge is 0.462 e. The first-order chi connectivity index (χ1) is 14.4. The third kappa shape index (κ3) is 6.33. The molecule has 1 aromatic heterocycles. The van der Waals surface area contributed by atoms with Gasteiger partial charge in [-0.25, -0.2) is 4.79 Å². The molecule has 9 heteroatoms. The van der Waals surface area contributed by atoms with Crippen LogP contribution in [0, 0.1) is 0 Å². The van der Waals surface area contributed by atoms with Gasteiger partial charge in [0.05, 0.1) is 23.9 Å². The lowest BCUT2D eigenvalue weighted by atomic mass is 10.1. The van der Waals surface area contributed by atoms with Crippen LogP contribution >= 0.6 is 0 Å². The van der Waals surface area contributed by atoms with Crippen molar-refractivity contribution >= 4 is 17.3 Å². The molecule has 0 fully saturated rings. The molecule has 3 aromatic rings. The molecule has 1 N–H and O–H groups in total. The molecule has 0 aliphatic heterocycles. The fraction of sp³-hybridized carbons (Fsp3) is 0.286. The molecular weight excluding hydrogens is 399 g/mol. The minimum absolute atomic E-state index is 0.0698. The quantitative estimate of drug-likeness (QED) is 0.494. The Balaban J connectivity index is 0.00000106. The molecular formula is C21H24F3N3O3. The second-order valence-electron chi connectivity index (χ2n) is 5.15. The fourth-order valence-electron chi connectivity index (χ4n) is 2.18. The standard InChI is InChI=1S/C17H12F3N3O3.2C2H6/c1-25-16(24)15-23-22-14(26-15)12-4-2-3-5-13(12)21-11-8-6-10(7-9-11)17(18,19)20;2*1-2/h2-9,21H,1H3;2*1-2H3. The lowest BCUT2D eigenvalue weighted by Gasteiger charge is -2.11. The summed E-state index contributed by atoms with van der Waals surface area (Å²) in [6.07, 6.45) is -4.40. The van der Waals surface area contributed by atoms with Crippen LogP contribution in [0.4, 0.5) is 24.5 Å². The number of nitrogens with zero attached hydrogens (tertiary/aromatic N) is 2. The van der Waals surface area contributed by atoms with E-state index in [-0.39, 0.29) is 11.8 Å². The number of aromatic nitrogens is 2. The minimum atomic E-state index is -4.40. The first-order valence-electron chi connectivity index (χ1n) is 9.34. The van der Waals surface area contributed by atoms with Gasteiger partial charge in [0.1, 0.15) is 0 Å². The van der Waals surface area contributed by atoms with E-state index < -0.39 is 17.7 Å². The van der Waals surface area contributed by atoms with Crippen LogP contribution in [0.25, 0.3) is 11.5 Å². The van der Waals surface area contributed by atoms with Crippen molar-refractivity contribution in [2.24, 2.45) is 0 Å². The van der Waals surface area contributed by atoms with E-state index in [1.165, 1.54) is 19.2 Å². The lowest BCUT2D eigenvalue weighted by Crippen LogP contribution is -2.04.